The molecule has 0 spiro atoms. The van der Waals surface area contributed by atoms with Crippen molar-refractivity contribution in [2.24, 2.45) is 11.8 Å². The van der Waals surface area contributed by atoms with Crippen molar-refractivity contribution in [3.8, 4) is 0 Å². The summed E-state index contributed by atoms with van der Waals surface area (Å²) in [7, 11) is 0. The molecule has 3 heteroatoms. The lowest BCUT2D eigenvalue weighted by atomic mass is 9.77. The summed E-state index contributed by atoms with van der Waals surface area (Å²) in [5.41, 5.74) is 1.24. The fraction of sp³-hybridized carbons (Fsp3) is 0.625. The molecule has 1 saturated carbocycles. The lowest BCUT2D eigenvalue weighted by Gasteiger charge is -2.33. The molecule has 1 fully saturated rings. The second kappa shape index (κ2) is 6.97. The molecule has 2 rings (SSSR count). The SMILES string of the molecule is CCNC(c1cc(Cl)cc(Cl)c1)C1CCC(C)CC1. The zero-order valence-electron chi connectivity index (χ0n) is 11.8. The van der Waals surface area contributed by atoms with Crippen LogP contribution >= 0.6 is 23.2 Å². The Morgan fingerprint density at radius 1 is 1.11 bits per heavy atom. The van der Waals surface area contributed by atoms with Crippen LogP contribution in [0.2, 0.25) is 10.0 Å². The molecule has 106 valence electrons. The van der Waals surface area contributed by atoms with Crippen LogP contribution in [0.3, 0.4) is 0 Å². The monoisotopic (exact) mass is 299 g/mol. The third kappa shape index (κ3) is 4.11. The fourth-order valence-electron chi connectivity index (χ4n) is 3.15. The van der Waals surface area contributed by atoms with Crippen molar-refractivity contribution >= 4 is 23.2 Å². The smallest absolute Gasteiger partial charge is 0.0424 e. The quantitative estimate of drug-likeness (QED) is 0.777. The van der Waals surface area contributed by atoms with Crippen molar-refractivity contribution < 1.29 is 0 Å². The summed E-state index contributed by atoms with van der Waals surface area (Å²) in [5, 5.41) is 5.08. The Bertz CT molecular complexity index is 391. The van der Waals surface area contributed by atoms with Gasteiger partial charge >= 0.3 is 0 Å². The van der Waals surface area contributed by atoms with Gasteiger partial charge in [-0.15, -0.1) is 0 Å². The van der Waals surface area contributed by atoms with Gasteiger partial charge in [0.05, 0.1) is 0 Å². The standard InChI is InChI=1S/C16H23Cl2N/c1-3-19-16(12-6-4-11(2)5-7-12)13-8-14(17)10-15(18)9-13/h8-12,16,19H,3-7H2,1-2H3. The van der Waals surface area contributed by atoms with E-state index >= 15 is 0 Å². The Kier molecular flexibility index (Phi) is 5.56. The minimum atomic E-state index is 0.383. The minimum absolute atomic E-state index is 0.383. The lowest BCUT2D eigenvalue weighted by molar-refractivity contribution is 0.233. The lowest BCUT2D eigenvalue weighted by Crippen LogP contribution is -2.30. The molecule has 1 nitrogen and oxygen atoms in total. The molecule has 1 aliphatic rings. The number of rotatable bonds is 4. The van der Waals surface area contributed by atoms with Gasteiger partial charge in [-0.25, -0.2) is 0 Å². The molecule has 0 saturated heterocycles. The highest BCUT2D eigenvalue weighted by atomic mass is 35.5. The van der Waals surface area contributed by atoms with E-state index in [4.69, 9.17) is 23.2 Å². The normalized spacial score (nSPS) is 25.3. The molecular formula is C16H23Cl2N. The topological polar surface area (TPSA) is 12.0 Å². The zero-order chi connectivity index (χ0) is 13.8. The molecule has 19 heavy (non-hydrogen) atoms. The first-order valence-electron chi connectivity index (χ1n) is 7.29. The number of hydrogen-bond donors (Lipinski definition) is 1. The molecule has 1 aromatic carbocycles. The van der Waals surface area contributed by atoms with E-state index in [1.165, 1.54) is 31.2 Å². The van der Waals surface area contributed by atoms with Gasteiger partial charge in [-0.3, -0.25) is 0 Å². The Morgan fingerprint density at radius 3 is 2.21 bits per heavy atom. The van der Waals surface area contributed by atoms with Crippen LogP contribution in [0.1, 0.15) is 51.1 Å². The fourth-order valence-corrected chi connectivity index (χ4v) is 3.69. The van der Waals surface area contributed by atoms with Crippen LogP contribution in [0.15, 0.2) is 18.2 Å². The summed E-state index contributed by atoms with van der Waals surface area (Å²) in [6, 6.07) is 6.30. The van der Waals surface area contributed by atoms with E-state index in [0.29, 0.717) is 12.0 Å². The van der Waals surface area contributed by atoms with Gasteiger partial charge < -0.3 is 5.32 Å². The summed E-state index contributed by atoms with van der Waals surface area (Å²) < 4.78 is 0. The van der Waals surface area contributed by atoms with Gasteiger partial charge in [-0.05, 0) is 55.0 Å². The van der Waals surface area contributed by atoms with Crippen LogP contribution in [-0.4, -0.2) is 6.54 Å². The largest absolute Gasteiger partial charge is 0.310 e. The van der Waals surface area contributed by atoms with Gasteiger partial charge in [0.2, 0.25) is 0 Å². The van der Waals surface area contributed by atoms with Crippen molar-refractivity contribution in [1.82, 2.24) is 5.32 Å². The van der Waals surface area contributed by atoms with Crippen LogP contribution in [0, 0.1) is 11.8 Å². The molecule has 1 aliphatic carbocycles. The van der Waals surface area contributed by atoms with E-state index in [2.05, 4.69) is 31.3 Å². The maximum Gasteiger partial charge on any atom is 0.0424 e. The molecule has 1 aromatic rings. The third-order valence-corrected chi connectivity index (χ3v) is 4.64. The minimum Gasteiger partial charge on any atom is -0.310 e. The van der Waals surface area contributed by atoms with Crippen LogP contribution in [0.5, 0.6) is 0 Å². The summed E-state index contributed by atoms with van der Waals surface area (Å²) in [4.78, 5) is 0. The number of hydrogen-bond acceptors (Lipinski definition) is 1. The second-order valence-electron chi connectivity index (χ2n) is 5.76. The Morgan fingerprint density at radius 2 is 1.68 bits per heavy atom. The van der Waals surface area contributed by atoms with Crippen molar-refractivity contribution in [3.05, 3.63) is 33.8 Å². The van der Waals surface area contributed by atoms with Gasteiger partial charge in [-0.1, -0.05) is 49.9 Å². The summed E-state index contributed by atoms with van der Waals surface area (Å²) >= 11 is 12.3. The Hall–Kier alpha value is -0.240. The highest BCUT2D eigenvalue weighted by Crippen LogP contribution is 2.38. The van der Waals surface area contributed by atoms with E-state index in [9.17, 15) is 0 Å². The van der Waals surface area contributed by atoms with E-state index in [0.717, 1.165) is 22.5 Å². The number of benzene rings is 1. The molecule has 1 atom stereocenters. The summed E-state index contributed by atoms with van der Waals surface area (Å²) in [6.07, 6.45) is 5.26. The summed E-state index contributed by atoms with van der Waals surface area (Å²) in [6.45, 7) is 5.49. The molecule has 1 unspecified atom stereocenters. The molecule has 0 heterocycles. The van der Waals surface area contributed by atoms with Crippen LogP contribution < -0.4 is 5.32 Å². The number of nitrogens with one attached hydrogen (secondary N) is 1. The maximum atomic E-state index is 6.14. The Balaban J connectivity index is 2.19. The average molecular weight is 300 g/mol. The highest BCUT2D eigenvalue weighted by Gasteiger charge is 2.27. The molecule has 0 amide bonds. The average Bonchev–Trinajstić information content (AvgIpc) is 2.36. The van der Waals surface area contributed by atoms with Gasteiger partial charge in [-0.2, -0.15) is 0 Å². The van der Waals surface area contributed by atoms with Crippen LogP contribution in [0.25, 0.3) is 0 Å². The van der Waals surface area contributed by atoms with Crippen molar-refractivity contribution in [2.45, 2.75) is 45.6 Å². The predicted molar refractivity (Wildman–Crippen MR) is 84.0 cm³/mol. The first-order chi connectivity index (χ1) is 9.10. The molecule has 0 radical (unpaired) electrons. The van der Waals surface area contributed by atoms with Gasteiger partial charge in [0, 0.05) is 16.1 Å². The van der Waals surface area contributed by atoms with E-state index in [1.54, 1.807) is 6.07 Å². The molecule has 0 bridgehead atoms. The zero-order valence-corrected chi connectivity index (χ0v) is 13.3. The van der Waals surface area contributed by atoms with Crippen molar-refractivity contribution in [3.63, 3.8) is 0 Å². The van der Waals surface area contributed by atoms with Crippen molar-refractivity contribution in [1.29, 1.82) is 0 Å². The Labute approximate surface area is 126 Å². The van der Waals surface area contributed by atoms with Crippen LogP contribution in [-0.2, 0) is 0 Å². The maximum absolute atomic E-state index is 6.14. The second-order valence-corrected chi connectivity index (χ2v) is 6.63. The third-order valence-electron chi connectivity index (χ3n) is 4.20. The van der Waals surface area contributed by atoms with Crippen LogP contribution in [0.4, 0.5) is 0 Å². The number of halogens is 2. The predicted octanol–water partition coefficient (Wildman–Crippen LogP) is 5.47. The van der Waals surface area contributed by atoms with Gasteiger partial charge in [0.1, 0.15) is 0 Å². The molecular weight excluding hydrogens is 277 g/mol. The van der Waals surface area contributed by atoms with E-state index < -0.39 is 0 Å². The van der Waals surface area contributed by atoms with Crippen molar-refractivity contribution in [2.75, 3.05) is 6.54 Å². The molecule has 1 N–H and O–H groups in total. The summed E-state index contributed by atoms with van der Waals surface area (Å²) in [5.74, 6) is 1.58. The van der Waals surface area contributed by atoms with E-state index in [1.807, 2.05) is 0 Å². The first kappa shape index (κ1) is 15.2. The van der Waals surface area contributed by atoms with Gasteiger partial charge in [0.25, 0.3) is 0 Å². The first-order valence-corrected chi connectivity index (χ1v) is 8.05. The molecule has 0 aromatic heterocycles. The van der Waals surface area contributed by atoms with E-state index in [-0.39, 0.29) is 0 Å². The highest BCUT2D eigenvalue weighted by molar-refractivity contribution is 6.34. The molecule has 0 aliphatic heterocycles. The van der Waals surface area contributed by atoms with Gasteiger partial charge in [0.15, 0.2) is 0 Å².